The zero-order valence-corrected chi connectivity index (χ0v) is 7.60. The van der Waals surface area contributed by atoms with E-state index in [9.17, 15) is 0 Å². The zero-order valence-electron chi connectivity index (χ0n) is 5.33. The molecule has 0 aromatic carbocycles. The Kier molecular flexibility index (Phi) is 5.10. The van der Waals surface area contributed by atoms with Crippen LogP contribution in [0.1, 0.15) is 26.2 Å². The molecule has 0 spiro atoms. The largest absolute Gasteiger partial charge is 0.193 e. The summed E-state index contributed by atoms with van der Waals surface area (Å²) in [7, 11) is 0. The van der Waals surface area contributed by atoms with Crippen molar-refractivity contribution in [3.05, 3.63) is 6.42 Å². The highest BCUT2D eigenvalue weighted by molar-refractivity contribution is 6.68. The molecule has 0 aliphatic heterocycles. The van der Waals surface area contributed by atoms with Gasteiger partial charge in [-0.05, 0) is 6.42 Å². The molecule has 0 aromatic heterocycles. The van der Waals surface area contributed by atoms with Crippen LogP contribution < -0.4 is 0 Å². The summed E-state index contributed by atoms with van der Waals surface area (Å²) in [6.45, 7) is 2.10. The molecule has 0 unspecified atom stereocenters. The van der Waals surface area contributed by atoms with Crippen molar-refractivity contribution in [3.63, 3.8) is 0 Å². The van der Waals surface area contributed by atoms with Gasteiger partial charge in [0.25, 0.3) is 0 Å². The first-order valence-electron chi connectivity index (χ1n) is 2.97. The van der Waals surface area contributed by atoms with Crippen LogP contribution in [-0.4, -0.2) is 3.79 Å². The molecule has 9 heavy (non-hydrogen) atoms. The molecule has 0 aromatic rings. The maximum atomic E-state index is 5.44. The van der Waals surface area contributed by atoms with Gasteiger partial charge in [-0.25, -0.2) is 0 Å². The van der Waals surface area contributed by atoms with Crippen molar-refractivity contribution in [2.24, 2.45) is 0 Å². The van der Waals surface area contributed by atoms with Crippen molar-refractivity contribution in [2.45, 2.75) is 30.0 Å². The minimum atomic E-state index is -1.16. The van der Waals surface area contributed by atoms with E-state index in [2.05, 4.69) is 6.92 Å². The van der Waals surface area contributed by atoms with Crippen molar-refractivity contribution < 1.29 is 0 Å². The Morgan fingerprint density at radius 2 is 1.89 bits per heavy atom. The second-order valence-corrected chi connectivity index (χ2v) is 4.26. The number of hydrogen-bond donors (Lipinski definition) is 0. The summed E-state index contributed by atoms with van der Waals surface area (Å²) in [6.07, 6.45) is 4.80. The standard InChI is InChI=1S/C6H10Cl3/c1-2-3-4-5-6(7,8)9/h5H,2-4H2,1H3. The predicted molar refractivity (Wildman–Crippen MR) is 44.1 cm³/mol. The minimum absolute atomic E-state index is 0.882. The van der Waals surface area contributed by atoms with Crippen LogP contribution in [0.4, 0.5) is 0 Å². The first-order valence-corrected chi connectivity index (χ1v) is 4.10. The number of hydrogen-bond acceptors (Lipinski definition) is 0. The van der Waals surface area contributed by atoms with E-state index >= 15 is 0 Å². The van der Waals surface area contributed by atoms with E-state index in [-0.39, 0.29) is 0 Å². The van der Waals surface area contributed by atoms with Crippen LogP contribution >= 0.6 is 34.8 Å². The summed E-state index contributed by atoms with van der Waals surface area (Å²) in [5.41, 5.74) is 0. The van der Waals surface area contributed by atoms with Crippen LogP contribution in [0.15, 0.2) is 0 Å². The fourth-order valence-electron chi connectivity index (χ4n) is 0.470. The average Bonchev–Trinajstić information content (AvgIpc) is 1.63. The molecule has 1 radical (unpaired) electrons. The third kappa shape index (κ3) is 8.87. The van der Waals surface area contributed by atoms with Crippen molar-refractivity contribution in [2.75, 3.05) is 0 Å². The van der Waals surface area contributed by atoms with Crippen molar-refractivity contribution in [1.82, 2.24) is 0 Å². The molecule has 0 amide bonds. The van der Waals surface area contributed by atoms with Crippen LogP contribution in [0.3, 0.4) is 0 Å². The Balaban J connectivity index is 3.07. The second-order valence-electron chi connectivity index (χ2n) is 1.89. The van der Waals surface area contributed by atoms with Gasteiger partial charge in [-0.15, -0.1) is 0 Å². The van der Waals surface area contributed by atoms with Crippen molar-refractivity contribution in [1.29, 1.82) is 0 Å². The molecule has 0 aliphatic carbocycles. The topological polar surface area (TPSA) is 0 Å². The molecule has 0 rings (SSSR count). The molecule has 0 N–H and O–H groups in total. The molecule has 0 aliphatic rings. The van der Waals surface area contributed by atoms with Crippen molar-refractivity contribution in [3.8, 4) is 0 Å². The lowest BCUT2D eigenvalue weighted by molar-refractivity contribution is 0.773. The summed E-state index contributed by atoms with van der Waals surface area (Å²) < 4.78 is -1.16. The van der Waals surface area contributed by atoms with Gasteiger partial charge in [-0.3, -0.25) is 0 Å². The summed E-state index contributed by atoms with van der Waals surface area (Å²) in [4.78, 5) is 0. The summed E-state index contributed by atoms with van der Waals surface area (Å²) in [5, 5.41) is 0. The first kappa shape index (κ1) is 9.87. The molecular weight excluding hydrogens is 178 g/mol. The smallest absolute Gasteiger partial charge is 0.0834 e. The van der Waals surface area contributed by atoms with E-state index in [1.807, 2.05) is 0 Å². The second kappa shape index (κ2) is 4.65. The molecule has 0 bridgehead atoms. The van der Waals surface area contributed by atoms with Gasteiger partial charge in [0.15, 0.2) is 3.79 Å². The van der Waals surface area contributed by atoms with Gasteiger partial charge >= 0.3 is 0 Å². The molecule has 0 heterocycles. The number of halogens is 3. The van der Waals surface area contributed by atoms with Crippen LogP contribution in [0.25, 0.3) is 0 Å². The Bertz CT molecular complexity index is 65.2. The van der Waals surface area contributed by atoms with Gasteiger partial charge in [-0.2, -0.15) is 0 Å². The fraction of sp³-hybridized carbons (Fsp3) is 0.833. The van der Waals surface area contributed by atoms with Crippen LogP contribution in [0.5, 0.6) is 0 Å². The van der Waals surface area contributed by atoms with E-state index in [4.69, 9.17) is 34.8 Å². The maximum absolute atomic E-state index is 5.44. The first-order chi connectivity index (χ1) is 4.06. The van der Waals surface area contributed by atoms with Gasteiger partial charge in [0.2, 0.25) is 0 Å². The van der Waals surface area contributed by atoms with Crippen LogP contribution in [0, 0.1) is 6.42 Å². The minimum Gasteiger partial charge on any atom is -0.0834 e. The summed E-state index contributed by atoms with van der Waals surface area (Å²) in [5.74, 6) is 0. The highest BCUT2D eigenvalue weighted by Gasteiger charge is 2.18. The van der Waals surface area contributed by atoms with E-state index in [1.165, 1.54) is 0 Å². The van der Waals surface area contributed by atoms with Gasteiger partial charge < -0.3 is 0 Å². The molecule has 0 nitrogen and oxygen atoms in total. The highest BCUT2D eigenvalue weighted by Crippen LogP contribution is 2.30. The molecule has 0 atom stereocenters. The van der Waals surface area contributed by atoms with Gasteiger partial charge in [0, 0.05) is 6.42 Å². The summed E-state index contributed by atoms with van der Waals surface area (Å²) >= 11 is 16.3. The average molecular weight is 189 g/mol. The lowest BCUT2D eigenvalue weighted by Crippen LogP contribution is -2.01. The van der Waals surface area contributed by atoms with Crippen LogP contribution in [-0.2, 0) is 0 Å². The van der Waals surface area contributed by atoms with Gasteiger partial charge in [0.05, 0.1) is 0 Å². The highest BCUT2D eigenvalue weighted by atomic mass is 35.6. The number of alkyl halides is 3. The Morgan fingerprint density at radius 1 is 1.33 bits per heavy atom. The quantitative estimate of drug-likeness (QED) is 0.467. The SMILES string of the molecule is CCCC[CH]C(Cl)(Cl)Cl. The number of rotatable bonds is 3. The maximum Gasteiger partial charge on any atom is 0.193 e. The van der Waals surface area contributed by atoms with E-state index < -0.39 is 3.79 Å². The monoisotopic (exact) mass is 187 g/mol. The molecule has 0 saturated heterocycles. The van der Waals surface area contributed by atoms with Gasteiger partial charge in [0.1, 0.15) is 0 Å². The van der Waals surface area contributed by atoms with Crippen molar-refractivity contribution >= 4 is 34.8 Å². The van der Waals surface area contributed by atoms with E-state index in [0.717, 1.165) is 19.3 Å². The van der Waals surface area contributed by atoms with E-state index in [0.29, 0.717) is 0 Å². The van der Waals surface area contributed by atoms with E-state index in [1.54, 1.807) is 6.42 Å². The lowest BCUT2D eigenvalue weighted by Gasteiger charge is -2.07. The number of unbranched alkanes of at least 4 members (excludes halogenated alkanes) is 2. The normalized spacial score (nSPS) is 12.0. The molecule has 0 fully saturated rings. The lowest BCUT2D eigenvalue weighted by atomic mass is 10.2. The third-order valence-corrected chi connectivity index (χ3v) is 1.40. The Labute approximate surface area is 71.5 Å². The molecule has 3 heteroatoms. The summed E-state index contributed by atoms with van der Waals surface area (Å²) in [6, 6.07) is 0. The van der Waals surface area contributed by atoms with Gasteiger partial charge in [-0.1, -0.05) is 54.6 Å². The van der Waals surface area contributed by atoms with Crippen LogP contribution in [0.2, 0.25) is 0 Å². The molecule has 55 valence electrons. The molecule has 0 saturated carbocycles. The Morgan fingerprint density at radius 3 is 2.22 bits per heavy atom. The Hall–Kier alpha value is 0.870. The zero-order chi connectivity index (χ0) is 7.33. The third-order valence-electron chi connectivity index (χ3n) is 0.933. The fourth-order valence-corrected chi connectivity index (χ4v) is 0.797. The predicted octanol–water partition coefficient (Wildman–Crippen LogP) is 3.75. The molecular formula is C6H10Cl3.